The molecule has 1 aliphatic rings. The smallest absolute Gasteiger partial charge is 0.345 e. The Morgan fingerprint density at radius 2 is 2.00 bits per heavy atom. The molecule has 1 aliphatic heterocycles. The van der Waals surface area contributed by atoms with Crippen LogP contribution >= 0.6 is 8.25 Å². The summed E-state index contributed by atoms with van der Waals surface area (Å²) < 4.78 is 26.3. The van der Waals surface area contributed by atoms with Crippen LogP contribution in [0.2, 0.25) is 0 Å². The average Bonchev–Trinajstić information content (AvgIpc) is 2.71. The first-order valence-electron chi connectivity index (χ1n) is 6.11. The molecule has 0 radical (unpaired) electrons. The van der Waals surface area contributed by atoms with E-state index in [0.29, 0.717) is 25.6 Å². The predicted octanol–water partition coefficient (Wildman–Crippen LogP) is 2.61. The molecule has 0 aromatic rings. The highest BCUT2D eigenvalue weighted by atomic mass is 31.1. The summed E-state index contributed by atoms with van der Waals surface area (Å²) >= 11 is 0. The van der Waals surface area contributed by atoms with Crippen molar-refractivity contribution in [2.24, 2.45) is 5.92 Å². The maximum Gasteiger partial charge on any atom is 0.694 e. The summed E-state index contributed by atoms with van der Waals surface area (Å²) in [6.07, 6.45) is 3.97. The van der Waals surface area contributed by atoms with Gasteiger partial charge < -0.3 is 9.47 Å². The van der Waals surface area contributed by atoms with E-state index in [9.17, 15) is 4.57 Å². The van der Waals surface area contributed by atoms with Gasteiger partial charge in [-0.3, -0.25) is 0 Å². The maximum atomic E-state index is 10.5. The summed E-state index contributed by atoms with van der Waals surface area (Å²) in [6.45, 7) is 5.46. The maximum absolute atomic E-state index is 10.5. The molecule has 100 valence electrons. The fourth-order valence-electron chi connectivity index (χ4n) is 1.90. The molecule has 5 nitrogen and oxygen atoms in total. The van der Waals surface area contributed by atoms with E-state index in [0.717, 1.165) is 12.8 Å². The largest absolute Gasteiger partial charge is 0.694 e. The van der Waals surface area contributed by atoms with E-state index in [1.54, 1.807) is 0 Å². The normalized spacial score (nSPS) is 19.9. The van der Waals surface area contributed by atoms with E-state index in [2.05, 4.69) is 13.8 Å². The van der Waals surface area contributed by atoms with Crippen molar-refractivity contribution in [1.29, 1.82) is 0 Å². The van der Waals surface area contributed by atoms with Crippen LogP contribution in [0.3, 0.4) is 0 Å². The minimum absolute atomic E-state index is 0.0282. The minimum Gasteiger partial charge on any atom is -0.345 e. The molecule has 1 fully saturated rings. The SMILES string of the molecule is CC(C)CCCCC1(CO[P+](=O)O)OCCO1. The van der Waals surface area contributed by atoms with Gasteiger partial charge >= 0.3 is 8.25 Å². The Kier molecular flexibility index (Phi) is 6.52. The highest BCUT2D eigenvalue weighted by Gasteiger charge is 2.39. The van der Waals surface area contributed by atoms with E-state index < -0.39 is 14.0 Å². The summed E-state index contributed by atoms with van der Waals surface area (Å²) in [5, 5.41) is 0. The third-order valence-corrected chi connectivity index (χ3v) is 3.15. The Morgan fingerprint density at radius 1 is 1.35 bits per heavy atom. The van der Waals surface area contributed by atoms with Gasteiger partial charge in [0.25, 0.3) is 0 Å². The first kappa shape index (κ1) is 15.0. The standard InChI is InChI=1S/C11H21O5P/c1-10(2)5-3-4-6-11(9-16-17(12)13)14-7-8-15-11/h10H,3-9H2,1-2H3/p+1. The quantitative estimate of drug-likeness (QED) is 0.540. The lowest BCUT2D eigenvalue weighted by Crippen LogP contribution is -2.35. The van der Waals surface area contributed by atoms with Crippen molar-refractivity contribution >= 4 is 8.25 Å². The van der Waals surface area contributed by atoms with Gasteiger partial charge in [-0.25, -0.2) is 0 Å². The fraction of sp³-hybridized carbons (Fsp3) is 1.00. The third-order valence-electron chi connectivity index (χ3n) is 2.80. The van der Waals surface area contributed by atoms with Crippen molar-refractivity contribution in [3.63, 3.8) is 0 Å². The third kappa shape index (κ3) is 5.89. The summed E-state index contributed by atoms with van der Waals surface area (Å²) in [5.74, 6) is -0.107. The van der Waals surface area contributed by atoms with Crippen LogP contribution in [-0.2, 0) is 18.6 Å². The van der Waals surface area contributed by atoms with Gasteiger partial charge in [-0.2, -0.15) is 0 Å². The van der Waals surface area contributed by atoms with Gasteiger partial charge in [0.2, 0.25) is 0 Å². The highest BCUT2D eigenvalue weighted by Crippen LogP contribution is 2.30. The number of hydrogen-bond donors (Lipinski definition) is 1. The zero-order chi connectivity index (χ0) is 12.7. The molecule has 17 heavy (non-hydrogen) atoms. The monoisotopic (exact) mass is 265 g/mol. The zero-order valence-corrected chi connectivity index (χ0v) is 11.4. The van der Waals surface area contributed by atoms with E-state index in [4.69, 9.17) is 18.9 Å². The minimum atomic E-state index is -2.59. The Balaban J connectivity index is 2.29. The second-order valence-corrected chi connectivity index (χ2v) is 5.49. The van der Waals surface area contributed by atoms with Crippen LogP contribution in [0.25, 0.3) is 0 Å². The molecule has 0 aromatic heterocycles. The van der Waals surface area contributed by atoms with E-state index in [1.807, 2.05) is 0 Å². The number of ether oxygens (including phenoxy) is 2. The zero-order valence-electron chi connectivity index (χ0n) is 10.6. The van der Waals surface area contributed by atoms with Crippen LogP contribution in [0.5, 0.6) is 0 Å². The lowest BCUT2D eigenvalue weighted by molar-refractivity contribution is -0.182. The summed E-state index contributed by atoms with van der Waals surface area (Å²) in [7, 11) is -2.59. The summed E-state index contributed by atoms with van der Waals surface area (Å²) in [6, 6.07) is 0. The Bertz CT molecular complexity index is 238. The molecule has 0 amide bonds. The first-order chi connectivity index (χ1) is 8.04. The molecule has 1 saturated heterocycles. The lowest BCUT2D eigenvalue weighted by atomic mass is 10.0. The van der Waals surface area contributed by atoms with Crippen LogP contribution in [0.4, 0.5) is 0 Å². The van der Waals surface area contributed by atoms with E-state index in [-0.39, 0.29) is 6.61 Å². The molecule has 0 saturated carbocycles. The van der Waals surface area contributed by atoms with Crippen molar-refractivity contribution in [2.45, 2.75) is 45.3 Å². The van der Waals surface area contributed by atoms with Crippen LogP contribution in [0.1, 0.15) is 39.5 Å². The number of unbranched alkanes of at least 4 members (excludes halogenated alkanes) is 1. The number of rotatable bonds is 8. The first-order valence-corrected chi connectivity index (χ1v) is 7.24. The molecule has 1 heterocycles. The van der Waals surface area contributed by atoms with Crippen LogP contribution in [0.15, 0.2) is 0 Å². The molecular weight excluding hydrogens is 243 g/mol. The van der Waals surface area contributed by atoms with Gasteiger partial charge in [0.05, 0.1) is 13.2 Å². The molecule has 0 spiro atoms. The second kappa shape index (κ2) is 7.39. The topological polar surface area (TPSA) is 65.0 Å². The average molecular weight is 265 g/mol. The van der Waals surface area contributed by atoms with Gasteiger partial charge in [-0.1, -0.05) is 26.7 Å². The molecule has 1 rings (SSSR count). The molecule has 0 aromatic carbocycles. The van der Waals surface area contributed by atoms with Crippen molar-refractivity contribution in [3.8, 4) is 0 Å². The van der Waals surface area contributed by atoms with E-state index >= 15 is 0 Å². The summed E-state index contributed by atoms with van der Waals surface area (Å²) in [4.78, 5) is 8.65. The predicted molar refractivity (Wildman–Crippen MR) is 63.7 cm³/mol. The Morgan fingerprint density at radius 3 is 2.53 bits per heavy atom. The second-order valence-electron chi connectivity index (χ2n) is 4.76. The fourth-order valence-corrected chi connectivity index (χ4v) is 2.20. The molecule has 0 bridgehead atoms. The van der Waals surface area contributed by atoms with Crippen molar-refractivity contribution < 1.29 is 23.5 Å². The van der Waals surface area contributed by atoms with Crippen LogP contribution in [-0.4, -0.2) is 30.5 Å². The van der Waals surface area contributed by atoms with Gasteiger partial charge in [0.15, 0.2) is 12.4 Å². The van der Waals surface area contributed by atoms with Crippen molar-refractivity contribution in [1.82, 2.24) is 0 Å². The summed E-state index contributed by atoms with van der Waals surface area (Å²) in [5.41, 5.74) is 0. The van der Waals surface area contributed by atoms with Gasteiger partial charge in [0, 0.05) is 11.0 Å². The molecular formula is C11H22O5P+. The molecule has 6 heteroatoms. The number of hydrogen-bond acceptors (Lipinski definition) is 4. The molecule has 1 atom stereocenters. The van der Waals surface area contributed by atoms with Crippen LogP contribution < -0.4 is 0 Å². The lowest BCUT2D eigenvalue weighted by Gasteiger charge is -2.24. The highest BCUT2D eigenvalue weighted by molar-refractivity contribution is 7.32. The molecule has 1 N–H and O–H groups in total. The molecule has 0 aliphatic carbocycles. The van der Waals surface area contributed by atoms with Gasteiger partial charge in [-0.05, 0) is 12.3 Å². The Labute approximate surface area is 103 Å². The van der Waals surface area contributed by atoms with Crippen molar-refractivity contribution in [3.05, 3.63) is 0 Å². The van der Waals surface area contributed by atoms with Crippen LogP contribution in [0, 0.1) is 5.92 Å². The van der Waals surface area contributed by atoms with Gasteiger partial charge in [0.1, 0.15) is 0 Å². The Hall–Kier alpha value is -0.0600. The van der Waals surface area contributed by atoms with Gasteiger partial charge in [-0.15, -0.1) is 9.42 Å². The molecule has 1 unspecified atom stereocenters. The van der Waals surface area contributed by atoms with E-state index in [1.165, 1.54) is 6.42 Å². The van der Waals surface area contributed by atoms with Crippen molar-refractivity contribution in [2.75, 3.05) is 19.8 Å².